The van der Waals surface area contributed by atoms with Crippen LogP contribution in [-0.4, -0.2) is 0 Å². The van der Waals surface area contributed by atoms with E-state index in [9.17, 15) is 0 Å². The molecule has 0 radical (unpaired) electrons. The largest absolute Gasteiger partial charge is 0.0984 e. The maximum Gasteiger partial charge on any atom is 0.0327 e. The normalized spacial score (nSPS) is 9.96. The summed E-state index contributed by atoms with van der Waals surface area (Å²) in [5, 5.41) is 2.46. The molecule has 0 aliphatic carbocycles. The van der Waals surface area contributed by atoms with Crippen LogP contribution < -0.4 is 0 Å². The molecule has 110 valence electrons. The zero-order valence-electron chi connectivity index (χ0n) is 13.3. The second-order valence-corrected chi connectivity index (χ2v) is 5.53. The molecule has 0 bridgehead atoms. The van der Waals surface area contributed by atoms with Gasteiger partial charge < -0.3 is 0 Å². The second kappa shape index (κ2) is 6.38. The predicted octanol–water partition coefficient (Wildman–Crippen LogP) is 5.83. The van der Waals surface area contributed by atoms with Crippen LogP contribution in [0.2, 0.25) is 0 Å². The standard InChI is InChI=1S/C23H18/c1-4-19-7-6-8-20(23(19)5-2)13-10-18-11-14-21-15-17(3)9-12-22(21)16-18/h4-9,11-12,14-16H,1-2H2,3H3. The molecule has 0 amide bonds. The lowest BCUT2D eigenvalue weighted by molar-refractivity contribution is 1.50. The van der Waals surface area contributed by atoms with E-state index in [0.29, 0.717) is 0 Å². The first-order chi connectivity index (χ1) is 11.2. The highest BCUT2D eigenvalue weighted by molar-refractivity contribution is 5.84. The van der Waals surface area contributed by atoms with E-state index in [0.717, 1.165) is 22.3 Å². The number of hydrogen-bond donors (Lipinski definition) is 0. The number of benzene rings is 3. The Bertz CT molecular complexity index is 962. The average molecular weight is 294 g/mol. The molecule has 0 spiro atoms. The van der Waals surface area contributed by atoms with E-state index >= 15 is 0 Å². The fourth-order valence-corrected chi connectivity index (χ4v) is 2.68. The molecule has 0 heterocycles. The molecule has 0 atom stereocenters. The van der Waals surface area contributed by atoms with Gasteiger partial charge in [-0.2, -0.15) is 0 Å². The summed E-state index contributed by atoms with van der Waals surface area (Å²) in [5.74, 6) is 6.52. The van der Waals surface area contributed by atoms with Crippen molar-refractivity contribution in [1.29, 1.82) is 0 Å². The van der Waals surface area contributed by atoms with E-state index in [1.165, 1.54) is 16.3 Å². The van der Waals surface area contributed by atoms with E-state index in [1.54, 1.807) is 0 Å². The highest BCUT2D eigenvalue weighted by atomic mass is 14.0. The van der Waals surface area contributed by atoms with Gasteiger partial charge in [0.05, 0.1) is 0 Å². The van der Waals surface area contributed by atoms with Gasteiger partial charge in [0.15, 0.2) is 0 Å². The van der Waals surface area contributed by atoms with Crippen molar-refractivity contribution in [2.75, 3.05) is 0 Å². The van der Waals surface area contributed by atoms with Crippen molar-refractivity contribution in [3.05, 3.63) is 95.6 Å². The molecule has 0 aromatic heterocycles. The molecule has 0 aliphatic rings. The molecule has 0 nitrogen and oxygen atoms in total. The SMILES string of the molecule is C=Cc1cccc(C#Cc2ccc3cc(C)ccc3c2)c1C=C. The van der Waals surface area contributed by atoms with Gasteiger partial charge in [-0.05, 0) is 47.0 Å². The molecule has 0 fully saturated rings. The Hall–Kier alpha value is -3.04. The zero-order valence-corrected chi connectivity index (χ0v) is 13.3. The first kappa shape index (κ1) is 14.9. The van der Waals surface area contributed by atoms with Crippen LogP contribution in [0.5, 0.6) is 0 Å². The van der Waals surface area contributed by atoms with Gasteiger partial charge in [0.25, 0.3) is 0 Å². The average Bonchev–Trinajstić information content (AvgIpc) is 2.59. The third-order valence-corrected chi connectivity index (χ3v) is 3.90. The summed E-state index contributed by atoms with van der Waals surface area (Å²) < 4.78 is 0. The minimum Gasteiger partial charge on any atom is -0.0984 e. The highest BCUT2D eigenvalue weighted by Gasteiger charge is 2.00. The van der Waals surface area contributed by atoms with Gasteiger partial charge in [-0.1, -0.05) is 79.1 Å². The van der Waals surface area contributed by atoms with Crippen molar-refractivity contribution in [1.82, 2.24) is 0 Å². The van der Waals surface area contributed by atoms with E-state index in [-0.39, 0.29) is 0 Å². The van der Waals surface area contributed by atoms with Crippen molar-refractivity contribution in [3.8, 4) is 11.8 Å². The Kier molecular flexibility index (Phi) is 4.13. The molecular formula is C23H18. The molecule has 3 aromatic rings. The van der Waals surface area contributed by atoms with Crippen molar-refractivity contribution in [2.45, 2.75) is 6.92 Å². The van der Waals surface area contributed by atoms with Gasteiger partial charge in [0.1, 0.15) is 0 Å². The highest BCUT2D eigenvalue weighted by Crippen LogP contribution is 2.19. The minimum absolute atomic E-state index is 0.974. The van der Waals surface area contributed by atoms with Crippen LogP contribution in [0, 0.1) is 18.8 Å². The summed E-state index contributed by atoms with van der Waals surface area (Å²) in [4.78, 5) is 0. The third kappa shape index (κ3) is 3.10. The summed E-state index contributed by atoms with van der Waals surface area (Å²) in [6, 6.07) is 18.8. The molecular weight excluding hydrogens is 276 g/mol. The van der Waals surface area contributed by atoms with Crippen LogP contribution in [0.3, 0.4) is 0 Å². The van der Waals surface area contributed by atoms with E-state index in [4.69, 9.17) is 0 Å². The van der Waals surface area contributed by atoms with Gasteiger partial charge in [-0.15, -0.1) is 0 Å². The van der Waals surface area contributed by atoms with Gasteiger partial charge in [-0.25, -0.2) is 0 Å². The Balaban J connectivity index is 2.03. The van der Waals surface area contributed by atoms with Crippen molar-refractivity contribution in [3.63, 3.8) is 0 Å². The fourth-order valence-electron chi connectivity index (χ4n) is 2.68. The fraction of sp³-hybridized carbons (Fsp3) is 0.0435. The molecule has 0 N–H and O–H groups in total. The summed E-state index contributed by atoms with van der Waals surface area (Å²) in [6.45, 7) is 9.84. The predicted molar refractivity (Wildman–Crippen MR) is 101 cm³/mol. The van der Waals surface area contributed by atoms with E-state index in [2.05, 4.69) is 68.3 Å². The van der Waals surface area contributed by atoms with Crippen LogP contribution in [-0.2, 0) is 0 Å². The molecule has 3 rings (SSSR count). The summed E-state index contributed by atoms with van der Waals surface area (Å²) in [5.41, 5.74) is 5.35. The Morgan fingerprint density at radius 1 is 0.826 bits per heavy atom. The second-order valence-electron chi connectivity index (χ2n) is 5.53. The Morgan fingerprint density at radius 3 is 2.39 bits per heavy atom. The van der Waals surface area contributed by atoms with Crippen molar-refractivity contribution < 1.29 is 0 Å². The van der Waals surface area contributed by atoms with E-state index < -0.39 is 0 Å². The van der Waals surface area contributed by atoms with Crippen LogP contribution in [0.4, 0.5) is 0 Å². The minimum atomic E-state index is 0.974. The topological polar surface area (TPSA) is 0 Å². The van der Waals surface area contributed by atoms with Gasteiger partial charge in [0, 0.05) is 11.1 Å². The summed E-state index contributed by atoms with van der Waals surface area (Å²) in [6.07, 6.45) is 3.67. The number of aryl methyl sites for hydroxylation is 1. The monoisotopic (exact) mass is 294 g/mol. The number of fused-ring (bicyclic) bond motifs is 1. The van der Waals surface area contributed by atoms with Gasteiger partial charge in [0.2, 0.25) is 0 Å². The number of rotatable bonds is 2. The first-order valence-electron chi connectivity index (χ1n) is 7.61. The van der Waals surface area contributed by atoms with Crippen LogP contribution in [0.25, 0.3) is 22.9 Å². The molecule has 3 aromatic carbocycles. The van der Waals surface area contributed by atoms with Gasteiger partial charge in [-0.3, -0.25) is 0 Å². The lowest BCUT2D eigenvalue weighted by Gasteiger charge is -2.03. The molecule has 0 saturated heterocycles. The number of hydrogen-bond acceptors (Lipinski definition) is 0. The Morgan fingerprint density at radius 2 is 1.61 bits per heavy atom. The van der Waals surface area contributed by atoms with Gasteiger partial charge >= 0.3 is 0 Å². The maximum absolute atomic E-state index is 3.89. The van der Waals surface area contributed by atoms with Crippen LogP contribution in [0.1, 0.15) is 27.8 Å². The quantitative estimate of drug-likeness (QED) is 0.521. The van der Waals surface area contributed by atoms with Crippen LogP contribution in [0.15, 0.2) is 67.8 Å². The lowest BCUT2D eigenvalue weighted by atomic mass is 10.0. The summed E-state index contributed by atoms with van der Waals surface area (Å²) in [7, 11) is 0. The molecule has 0 heteroatoms. The maximum atomic E-state index is 3.89. The van der Waals surface area contributed by atoms with Crippen molar-refractivity contribution >= 4 is 22.9 Å². The molecule has 0 saturated carbocycles. The first-order valence-corrected chi connectivity index (χ1v) is 7.61. The third-order valence-electron chi connectivity index (χ3n) is 3.90. The molecule has 23 heavy (non-hydrogen) atoms. The van der Waals surface area contributed by atoms with Crippen molar-refractivity contribution in [2.24, 2.45) is 0 Å². The smallest absolute Gasteiger partial charge is 0.0327 e. The Labute approximate surface area is 137 Å². The lowest BCUT2D eigenvalue weighted by Crippen LogP contribution is -1.86. The summed E-state index contributed by atoms with van der Waals surface area (Å²) >= 11 is 0. The van der Waals surface area contributed by atoms with E-state index in [1.807, 2.05) is 30.4 Å². The molecule has 0 aliphatic heterocycles. The van der Waals surface area contributed by atoms with Crippen LogP contribution >= 0.6 is 0 Å². The molecule has 0 unspecified atom stereocenters. The zero-order chi connectivity index (χ0) is 16.2.